The van der Waals surface area contributed by atoms with Gasteiger partial charge in [0.25, 0.3) is 0 Å². The molecule has 5 nitrogen and oxygen atoms in total. The third-order valence-electron chi connectivity index (χ3n) is 4.83. The minimum absolute atomic E-state index is 0. The van der Waals surface area contributed by atoms with Gasteiger partial charge in [0.2, 0.25) is 5.91 Å². The highest BCUT2D eigenvalue weighted by molar-refractivity contribution is 5.85. The molecule has 2 N–H and O–H groups in total. The molecule has 0 spiro atoms. The van der Waals surface area contributed by atoms with E-state index in [9.17, 15) is 18.0 Å². The zero-order chi connectivity index (χ0) is 19.9. The van der Waals surface area contributed by atoms with E-state index < -0.39 is 12.8 Å². The maximum absolute atomic E-state index is 12.7. The number of benzene rings is 1. The van der Waals surface area contributed by atoms with E-state index in [2.05, 4.69) is 9.64 Å². The number of nitrogens with two attached hydrogens (primary N) is 1. The Kier molecular flexibility index (Phi) is 10.2. The van der Waals surface area contributed by atoms with Gasteiger partial charge in [0.1, 0.15) is 6.61 Å². The van der Waals surface area contributed by atoms with Crippen molar-refractivity contribution in [3.05, 3.63) is 35.9 Å². The maximum atomic E-state index is 12.7. The summed E-state index contributed by atoms with van der Waals surface area (Å²) in [6, 6.07) is 9.23. The van der Waals surface area contributed by atoms with Gasteiger partial charge in [-0.05, 0) is 12.0 Å². The SMILES string of the molecule is CC(C(=O)N1CCN(CCCOCC(F)(F)F)CC1)C(N)c1ccccc1.Cl. The molecule has 0 aliphatic carbocycles. The first kappa shape index (κ1) is 24.7. The Morgan fingerprint density at radius 3 is 2.36 bits per heavy atom. The van der Waals surface area contributed by atoms with Crippen LogP contribution in [0.2, 0.25) is 0 Å². The quantitative estimate of drug-likeness (QED) is 0.653. The van der Waals surface area contributed by atoms with Crippen molar-refractivity contribution in [2.45, 2.75) is 25.6 Å². The Labute approximate surface area is 170 Å². The number of halogens is 4. The average molecular weight is 424 g/mol. The van der Waals surface area contributed by atoms with Crippen molar-refractivity contribution in [3.63, 3.8) is 0 Å². The minimum atomic E-state index is -4.27. The number of amides is 1. The molecule has 1 aliphatic rings. The number of ether oxygens (including phenoxy) is 1. The number of hydrogen-bond acceptors (Lipinski definition) is 4. The summed E-state index contributed by atoms with van der Waals surface area (Å²) in [5, 5.41) is 0. The van der Waals surface area contributed by atoms with Crippen LogP contribution in [0.15, 0.2) is 30.3 Å². The smallest absolute Gasteiger partial charge is 0.372 e. The number of carbonyl (C=O) groups is 1. The second-order valence-corrected chi connectivity index (χ2v) is 6.91. The van der Waals surface area contributed by atoms with Gasteiger partial charge in [-0.1, -0.05) is 37.3 Å². The van der Waals surface area contributed by atoms with Crippen molar-refractivity contribution in [3.8, 4) is 0 Å². The molecule has 1 fully saturated rings. The van der Waals surface area contributed by atoms with Crippen LogP contribution >= 0.6 is 12.4 Å². The Hall–Kier alpha value is -1.35. The summed E-state index contributed by atoms with van der Waals surface area (Å²) in [5.41, 5.74) is 7.19. The summed E-state index contributed by atoms with van der Waals surface area (Å²) in [5.74, 6) is -0.269. The molecule has 9 heteroatoms. The lowest BCUT2D eigenvalue weighted by Gasteiger charge is -2.36. The van der Waals surface area contributed by atoms with E-state index in [4.69, 9.17) is 5.73 Å². The first-order chi connectivity index (χ1) is 12.8. The summed E-state index contributed by atoms with van der Waals surface area (Å²) >= 11 is 0. The Balaban J connectivity index is 0.00000392. The molecule has 1 amide bonds. The molecule has 1 heterocycles. The van der Waals surface area contributed by atoms with Crippen LogP contribution in [-0.4, -0.2) is 67.8 Å². The fourth-order valence-electron chi connectivity index (χ4n) is 3.18. The van der Waals surface area contributed by atoms with Crippen molar-refractivity contribution in [2.24, 2.45) is 11.7 Å². The summed E-state index contributed by atoms with van der Waals surface area (Å²) in [6.07, 6.45) is -3.73. The van der Waals surface area contributed by atoms with Crippen LogP contribution in [0, 0.1) is 5.92 Å². The van der Waals surface area contributed by atoms with Crippen LogP contribution in [0.4, 0.5) is 13.2 Å². The fraction of sp³-hybridized carbons (Fsp3) is 0.632. The number of hydrogen-bond donors (Lipinski definition) is 1. The number of rotatable bonds is 8. The lowest BCUT2D eigenvalue weighted by atomic mass is 9.94. The van der Waals surface area contributed by atoms with E-state index in [-0.39, 0.29) is 36.9 Å². The monoisotopic (exact) mass is 423 g/mol. The normalized spacial score (nSPS) is 17.7. The van der Waals surface area contributed by atoms with Gasteiger partial charge in [0.15, 0.2) is 0 Å². The molecular weight excluding hydrogens is 395 g/mol. The molecule has 160 valence electrons. The van der Waals surface area contributed by atoms with Crippen molar-refractivity contribution in [1.82, 2.24) is 9.80 Å². The molecule has 0 aromatic heterocycles. The highest BCUT2D eigenvalue weighted by Gasteiger charge is 2.29. The van der Waals surface area contributed by atoms with E-state index in [1.54, 1.807) is 0 Å². The summed E-state index contributed by atoms with van der Waals surface area (Å²) in [7, 11) is 0. The van der Waals surface area contributed by atoms with Crippen molar-refractivity contribution in [1.29, 1.82) is 0 Å². The summed E-state index contributed by atoms with van der Waals surface area (Å²) < 4.78 is 40.6. The highest BCUT2D eigenvalue weighted by Crippen LogP contribution is 2.21. The molecule has 1 aromatic rings. The predicted octanol–water partition coefficient (Wildman–Crippen LogP) is 2.86. The molecule has 2 atom stereocenters. The number of piperazine rings is 1. The second-order valence-electron chi connectivity index (χ2n) is 6.91. The molecule has 2 rings (SSSR count). The third kappa shape index (κ3) is 7.95. The number of nitrogens with zero attached hydrogens (tertiary/aromatic N) is 2. The Morgan fingerprint density at radius 1 is 1.18 bits per heavy atom. The van der Waals surface area contributed by atoms with Crippen LogP contribution in [0.5, 0.6) is 0 Å². The van der Waals surface area contributed by atoms with E-state index >= 15 is 0 Å². The maximum Gasteiger partial charge on any atom is 0.411 e. The van der Waals surface area contributed by atoms with Crippen LogP contribution < -0.4 is 5.73 Å². The van der Waals surface area contributed by atoms with Crippen LogP contribution in [0.1, 0.15) is 24.9 Å². The third-order valence-corrected chi connectivity index (χ3v) is 4.83. The van der Waals surface area contributed by atoms with E-state index in [0.717, 1.165) is 5.56 Å². The zero-order valence-corrected chi connectivity index (χ0v) is 16.8. The van der Waals surface area contributed by atoms with Crippen LogP contribution in [-0.2, 0) is 9.53 Å². The molecule has 0 bridgehead atoms. The average Bonchev–Trinajstić information content (AvgIpc) is 2.66. The molecule has 28 heavy (non-hydrogen) atoms. The summed E-state index contributed by atoms with van der Waals surface area (Å²) in [6.45, 7) is 4.03. The minimum Gasteiger partial charge on any atom is -0.372 e. The highest BCUT2D eigenvalue weighted by atomic mass is 35.5. The molecular formula is C19H29ClF3N3O2. The van der Waals surface area contributed by atoms with Gasteiger partial charge in [-0.25, -0.2) is 0 Å². The van der Waals surface area contributed by atoms with Crippen LogP contribution in [0.25, 0.3) is 0 Å². The van der Waals surface area contributed by atoms with Gasteiger partial charge in [-0.2, -0.15) is 13.2 Å². The standard InChI is InChI=1S/C19H28F3N3O2.ClH/c1-15(17(23)16-6-3-2-4-7-16)18(26)25-11-9-24(10-12-25)8-5-13-27-14-19(20,21)22;/h2-4,6-7,15,17H,5,8-14,23H2,1H3;1H. The van der Waals surface area contributed by atoms with Gasteiger partial charge >= 0.3 is 6.18 Å². The molecule has 0 radical (unpaired) electrons. The fourth-order valence-corrected chi connectivity index (χ4v) is 3.18. The van der Waals surface area contributed by atoms with Gasteiger partial charge in [-0.3, -0.25) is 9.69 Å². The van der Waals surface area contributed by atoms with E-state index in [1.807, 2.05) is 42.2 Å². The van der Waals surface area contributed by atoms with E-state index in [0.29, 0.717) is 39.1 Å². The first-order valence-electron chi connectivity index (χ1n) is 9.24. The van der Waals surface area contributed by atoms with Crippen molar-refractivity contribution in [2.75, 3.05) is 45.9 Å². The molecule has 2 unspecified atom stereocenters. The Bertz CT molecular complexity index is 582. The summed E-state index contributed by atoms with van der Waals surface area (Å²) in [4.78, 5) is 16.7. The molecule has 0 saturated carbocycles. The van der Waals surface area contributed by atoms with E-state index in [1.165, 1.54) is 0 Å². The Morgan fingerprint density at radius 2 is 1.79 bits per heavy atom. The van der Waals surface area contributed by atoms with Crippen molar-refractivity contribution < 1.29 is 22.7 Å². The lowest BCUT2D eigenvalue weighted by molar-refractivity contribution is -0.174. The van der Waals surface area contributed by atoms with Gasteiger partial charge in [0, 0.05) is 45.4 Å². The van der Waals surface area contributed by atoms with Crippen LogP contribution in [0.3, 0.4) is 0 Å². The van der Waals surface area contributed by atoms with Gasteiger partial charge in [-0.15, -0.1) is 12.4 Å². The second kappa shape index (κ2) is 11.6. The van der Waals surface area contributed by atoms with Crippen molar-refractivity contribution >= 4 is 18.3 Å². The topological polar surface area (TPSA) is 58.8 Å². The lowest BCUT2D eigenvalue weighted by Crippen LogP contribution is -2.51. The number of carbonyl (C=O) groups excluding carboxylic acids is 1. The predicted molar refractivity (Wildman–Crippen MR) is 104 cm³/mol. The first-order valence-corrected chi connectivity index (χ1v) is 9.24. The number of alkyl halides is 3. The molecule has 1 saturated heterocycles. The van der Waals surface area contributed by atoms with Gasteiger partial charge in [0.05, 0.1) is 5.92 Å². The van der Waals surface area contributed by atoms with Gasteiger partial charge < -0.3 is 15.4 Å². The molecule has 1 aliphatic heterocycles. The zero-order valence-electron chi connectivity index (χ0n) is 16.0. The largest absolute Gasteiger partial charge is 0.411 e. The molecule has 1 aromatic carbocycles.